The van der Waals surface area contributed by atoms with Crippen LogP contribution in [-0.4, -0.2) is 63.6 Å². The molecule has 0 radical (unpaired) electrons. The van der Waals surface area contributed by atoms with Crippen molar-refractivity contribution in [2.24, 2.45) is 0 Å². The van der Waals surface area contributed by atoms with Crippen LogP contribution in [0.4, 0.5) is 0 Å². The number of hydrogen-bond acceptors (Lipinski definition) is 0. The van der Waals surface area contributed by atoms with E-state index in [2.05, 4.69) is 177 Å². The van der Waals surface area contributed by atoms with Crippen LogP contribution in [0.15, 0.2) is 24.3 Å². The SMILES string of the molecule is CC[Si]1(CC)CC[Si](CC)(CC)c2cc3c(cc21)[Si](CC)(CC)CC[Si](CC)(CC)c1cc2c(cc1[Si](CC)(CC)[Si]3(CC)CC)[Si](CC)(CC)CC[Si]2(CC)CC. The molecule has 0 amide bonds. The van der Waals surface area contributed by atoms with Crippen LogP contribution in [0, 0.1) is 0 Å². The Bertz CT molecular complexity index is 1570. The molecule has 0 saturated carbocycles. The Morgan fingerprint density at radius 1 is 0.224 bits per heavy atom. The molecule has 0 atom stereocenters. The summed E-state index contributed by atoms with van der Waals surface area (Å²) >= 11 is 0. The van der Waals surface area contributed by atoms with Crippen LogP contribution in [0.5, 0.6) is 0 Å². The largest absolute Gasteiger partial charge is 0.0857 e. The van der Waals surface area contributed by atoms with E-state index >= 15 is 0 Å². The van der Waals surface area contributed by atoms with Gasteiger partial charge in [-0.25, -0.2) is 0 Å². The number of rotatable bonds is 16. The molecule has 3 aliphatic heterocycles. The van der Waals surface area contributed by atoms with Crippen LogP contribution in [-0.2, 0) is 0 Å². The summed E-state index contributed by atoms with van der Waals surface area (Å²) in [6, 6.07) is 46.0. The molecule has 58 heavy (non-hydrogen) atoms. The molecule has 0 N–H and O–H groups in total. The molecular weight excluding hydrogens is 825 g/mol. The topological polar surface area (TPSA) is 0 Å². The second-order valence-electron chi connectivity index (χ2n) is 20.9. The number of fused-ring (bicyclic) bond motifs is 4. The van der Waals surface area contributed by atoms with E-state index in [9.17, 15) is 0 Å². The lowest BCUT2D eigenvalue weighted by molar-refractivity contribution is 1.11. The molecule has 2 aromatic rings. The van der Waals surface area contributed by atoms with Gasteiger partial charge in [0.25, 0.3) is 0 Å². The molecule has 0 spiro atoms. The summed E-state index contributed by atoms with van der Waals surface area (Å²) in [6.07, 6.45) is 0. The fraction of sp³-hybridized carbons (Fsp3) is 0.760. The average molecular weight is 922 g/mol. The first-order valence-corrected chi connectivity index (χ1v) is 47.7. The van der Waals surface area contributed by atoms with Crippen molar-refractivity contribution in [1.29, 1.82) is 0 Å². The zero-order valence-corrected chi connectivity index (χ0v) is 49.9. The molecular formula is C50H96Si8. The van der Waals surface area contributed by atoms with Crippen molar-refractivity contribution in [3.8, 4) is 0 Å². The monoisotopic (exact) mass is 921 g/mol. The first kappa shape index (κ1) is 49.2. The Kier molecular flexibility index (Phi) is 15.9. The van der Waals surface area contributed by atoms with E-state index < -0.39 is 63.6 Å². The van der Waals surface area contributed by atoms with Gasteiger partial charge in [-0.15, -0.1) is 0 Å². The van der Waals surface area contributed by atoms with Gasteiger partial charge in [-0.1, -0.05) is 310 Å². The predicted molar refractivity (Wildman–Crippen MR) is 293 cm³/mol. The zero-order chi connectivity index (χ0) is 43.0. The third-order valence-corrected chi connectivity index (χ3v) is 77.7. The molecule has 0 saturated heterocycles. The molecule has 0 bridgehead atoms. The molecule has 328 valence electrons. The Morgan fingerprint density at radius 3 is 0.500 bits per heavy atom. The summed E-state index contributed by atoms with van der Waals surface area (Å²) in [6.45, 7) is 43.1. The van der Waals surface area contributed by atoms with Gasteiger partial charge < -0.3 is 0 Å². The third-order valence-electron chi connectivity index (χ3n) is 21.5. The van der Waals surface area contributed by atoms with E-state index in [1.165, 1.54) is 96.7 Å². The van der Waals surface area contributed by atoms with Gasteiger partial charge in [0.2, 0.25) is 0 Å². The summed E-state index contributed by atoms with van der Waals surface area (Å²) < 4.78 is 0. The zero-order valence-electron chi connectivity index (χ0n) is 41.9. The molecule has 0 nitrogen and oxygen atoms in total. The van der Waals surface area contributed by atoms with Crippen molar-refractivity contribution in [2.45, 2.75) is 244 Å². The predicted octanol–water partition coefficient (Wildman–Crippen LogP) is 12.1. The van der Waals surface area contributed by atoms with E-state index in [0.717, 1.165) is 0 Å². The highest BCUT2D eigenvalue weighted by atomic mass is 29.3. The van der Waals surface area contributed by atoms with Crippen LogP contribution in [0.25, 0.3) is 0 Å². The molecule has 0 fully saturated rings. The molecule has 3 heterocycles. The van der Waals surface area contributed by atoms with Crippen molar-refractivity contribution < 1.29 is 0 Å². The van der Waals surface area contributed by atoms with Gasteiger partial charge in [0, 0.05) is 0 Å². The molecule has 5 rings (SSSR count). The minimum Gasteiger partial charge on any atom is -0.0677 e. The fourth-order valence-corrected chi connectivity index (χ4v) is 75.7. The highest BCUT2D eigenvalue weighted by Crippen LogP contribution is 2.42. The molecule has 0 aliphatic carbocycles. The molecule has 2 aromatic carbocycles. The molecule has 0 unspecified atom stereocenters. The van der Waals surface area contributed by atoms with Gasteiger partial charge in [0.05, 0.1) is 63.6 Å². The minimum atomic E-state index is -2.05. The van der Waals surface area contributed by atoms with Gasteiger partial charge in [0.1, 0.15) is 0 Å². The normalized spacial score (nSPS) is 22.9. The maximum Gasteiger partial charge on any atom is 0.0857 e. The first-order chi connectivity index (χ1) is 27.8. The molecule has 3 aliphatic rings. The summed E-state index contributed by atoms with van der Waals surface area (Å²) in [5.41, 5.74) is 0. The number of hydrogen-bond donors (Lipinski definition) is 0. The lowest BCUT2D eigenvalue weighted by Gasteiger charge is -2.56. The fourth-order valence-electron chi connectivity index (χ4n) is 15.9. The van der Waals surface area contributed by atoms with Crippen LogP contribution in [0.2, 0.25) is 133 Å². The van der Waals surface area contributed by atoms with Crippen molar-refractivity contribution in [2.75, 3.05) is 0 Å². The van der Waals surface area contributed by atoms with E-state index in [1.807, 2.05) is 0 Å². The first-order valence-electron chi connectivity index (χ1n) is 26.2. The summed E-state index contributed by atoms with van der Waals surface area (Å²) in [7, 11) is -14.0. The van der Waals surface area contributed by atoms with Crippen molar-refractivity contribution in [3.05, 3.63) is 24.3 Å². The standard InChI is InChI=1S/C50H96Si8/c1-17-51(18-2)33-35-53(21-5,22-6)45-41-49-47(39-43(45)51)55(25-9,26-10)37-38-56(27-11,28-12)48-40-44-46(54(23-7,24-8)36-34-52(44,19-3)20-4)42-50(48)58(31-15,32-16)57(49,29-13)30-14/h39-42H,17-38H2,1-16H3. The second kappa shape index (κ2) is 18.7. The molecule has 8 heteroatoms. The van der Waals surface area contributed by atoms with Crippen LogP contribution < -0.4 is 41.5 Å². The summed E-state index contributed by atoms with van der Waals surface area (Å²) in [5.74, 6) is 0. The maximum atomic E-state index is 3.25. The molecule has 0 aromatic heterocycles. The lowest BCUT2D eigenvalue weighted by atomic mass is 10.3. The Labute approximate surface area is 370 Å². The highest BCUT2D eigenvalue weighted by Gasteiger charge is 2.60. The number of benzene rings is 2. The Hall–Kier alpha value is 0.175. The van der Waals surface area contributed by atoms with Gasteiger partial charge in [0.15, 0.2) is 0 Å². The van der Waals surface area contributed by atoms with E-state index in [0.29, 0.717) is 0 Å². The van der Waals surface area contributed by atoms with Gasteiger partial charge in [-0.2, -0.15) is 0 Å². The van der Waals surface area contributed by atoms with Crippen LogP contribution in [0.1, 0.15) is 111 Å². The average Bonchev–Trinajstić information content (AvgIpc) is 3.29. The van der Waals surface area contributed by atoms with E-state index in [-0.39, 0.29) is 0 Å². The minimum absolute atomic E-state index is 1.46. The summed E-state index contributed by atoms with van der Waals surface area (Å²) in [5, 5.41) is 16.8. The van der Waals surface area contributed by atoms with Gasteiger partial charge >= 0.3 is 0 Å². The quantitative estimate of drug-likeness (QED) is 0.147. The van der Waals surface area contributed by atoms with Crippen LogP contribution >= 0.6 is 0 Å². The van der Waals surface area contributed by atoms with Crippen LogP contribution in [0.3, 0.4) is 0 Å². The second-order valence-corrected chi connectivity index (χ2v) is 64.9. The van der Waals surface area contributed by atoms with Crippen molar-refractivity contribution >= 4 is 105 Å². The lowest BCUT2D eigenvalue weighted by Crippen LogP contribution is -2.84. The maximum absolute atomic E-state index is 3.25. The van der Waals surface area contributed by atoms with Gasteiger partial charge in [-0.3, -0.25) is 0 Å². The summed E-state index contributed by atoms with van der Waals surface area (Å²) in [4.78, 5) is 0. The smallest absolute Gasteiger partial charge is 0.0677 e. The van der Waals surface area contributed by atoms with E-state index in [4.69, 9.17) is 0 Å². The third kappa shape index (κ3) is 6.84. The Morgan fingerprint density at radius 2 is 0.362 bits per heavy atom. The van der Waals surface area contributed by atoms with Gasteiger partial charge in [-0.05, 0) is 0 Å². The van der Waals surface area contributed by atoms with Crippen molar-refractivity contribution in [1.82, 2.24) is 0 Å². The Balaban J connectivity index is 2.12. The highest BCUT2D eigenvalue weighted by molar-refractivity contribution is 7.52. The van der Waals surface area contributed by atoms with Crippen molar-refractivity contribution in [3.63, 3.8) is 0 Å². The van der Waals surface area contributed by atoms with E-state index in [1.54, 1.807) is 36.3 Å².